The van der Waals surface area contributed by atoms with Gasteiger partial charge in [-0.1, -0.05) is 30.3 Å². The van der Waals surface area contributed by atoms with Crippen LogP contribution in [0.25, 0.3) is 11.4 Å². The lowest BCUT2D eigenvalue weighted by Gasteiger charge is -2.15. The summed E-state index contributed by atoms with van der Waals surface area (Å²) in [5, 5.41) is 11.6. The number of aromatic nitrogens is 3. The summed E-state index contributed by atoms with van der Waals surface area (Å²) in [5.74, 6) is 1.86. The molecule has 0 bridgehead atoms. The molecule has 1 amide bonds. The van der Waals surface area contributed by atoms with Gasteiger partial charge in [0.25, 0.3) is 0 Å². The molecule has 0 fully saturated rings. The standard InChI is InChI=1S/C21H23N5O/c22-18(15-6-2-1-3-7-15)14-20(27)23-17-11-9-16(10-12-17)21-25-24-19-8-4-5-13-26(19)21/h1-3,6-7,9-12,18H,4-5,8,13-14,22H2,(H,23,27). The van der Waals surface area contributed by atoms with Crippen molar-refractivity contribution in [2.75, 3.05) is 5.32 Å². The molecule has 0 saturated heterocycles. The largest absolute Gasteiger partial charge is 0.326 e. The van der Waals surface area contributed by atoms with Crippen LogP contribution < -0.4 is 11.1 Å². The Bertz CT molecular complexity index is 918. The second-order valence-electron chi connectivity index (χ2n) is 6.90. The van der Waals surface area contributed by atoms with Gasteiger partial charge in [-0.3, -0.25) is 4.79 Å². The summed E-state index contributed by atoms with van der Waals surface area (Å²) in [6.45, 7) is 0.966. The second kappa shape index (κ2) is 7.72. The Morgan fingerprint density at radius 3 is 2.63 bits per heavy atom. The third-order valence-electron chi connectivity index (χ3n) is 4.92. The Morgan fingerprint density at radius 2 is 1.85 bits per heavy atom. The number of hydrogen-bond donors (Lipinski definition) is 2. The highest BCUT2D eigenvalue weighted by atomic mass is 16.1. The van der Waals surface area contributed by atoms with Crippen molar-refractivity contribution in [3.05, 3.63) is 66.0 Å². The van der Waals surface area contributed by atoms with E-state index in [1.54, 1.807) is 0 Å². The fourth-order valence-corrected chi connectivity index (χ4v) is 3.45. The lowest BCUT2D eigenvalue weighted by Crippen LogP contribution is -2.20. The number of amides is 1. The number of hydrogen-bond acceptors (Lipinski definition) is 4. The minimum absolute atomic E-state index is 0.0982. The molecule has 1 aliphatic rings. The fraction of sp³-hybridized carbons (Fsp3) is 0.286. The second-order valence-corrected chi connectivity index (χ2v) is 6.90. The molecule has 0 saturated carbocycles. The van der Waals surface area contributed by atoms with Crippen LogP contribution in [0.2, 0.25) is 0 Å². The summed E-state index contributed by atoms with van der Waals surface area (Å²) in [5.41, 5.74) is 8.84. The Kier molecular flexibility index (Phi) is 4.98. The summed E-state index contributed by atoms with van der Waals surface area (Å²) in [6, 6.07) is 17.1. The van der Waals surface area contributed by atoms with Gasteiger partial charge in [-0.25, -0.2) is 0 Å². The summed E-state index contributed by atoms with van der Waals surface area (Å²) in [7, 11) is 0. The molecule has 4 rings (SSSR count). The van der Waals surface area contributed by atoms with Crippen LogP contribution in [0.15, 0.2) is 54.6 Å². The molecule has 27 heavy (non-hydrogen) atoms. The molecule has 1 unspecified atom stereocenters. The number of nitrogens with zero attached hydrogens (tertiary/aromatic N) is 3. The van der Waals surface area contributed by atoms with E-state index < -0.39 is 0 Å². The van der Waals surface area contributed by atoms with E-state index in [0.717, 1.165) is 47.8 Å². The van der Waals surface area contributed by atoms with Gasteiger partial charge >= 0.3 is 0 Å². The number of nitrogens with one attached hydrogen (secondary N) is 1. The first kappa shape index (κ1) is 17.4. The number of carbonyl (C=O) groups is 1. The van der Waals surface area contributed by atoms with E-state index in [9.17, 15) is 4.79 Å². The molecule has 1 aromatic heterocycles. The van der Waals surface area contributed by atoms with Crippen LogP contribution in [0.5, 0.6) is 0 Å². The maximum absolute atomic E-state index is 12.3. The maximum Gasteiger partial charge on any atom is 0.226 e. The Balaban J connectivity index is 1.41. The predicted molar refractivity (Wildman–Crippen MR) is 105 cm³/mol. The number of aryl methyl sites for hydroxylation is 1. The first-order chi connectivity index (χ1) is 13.2. The number of nitrogens with two attached hydrogens (primary N) is 1. The van der Waals surface area contributed by atoms with Gasteiger partial charge in [0, 0.05) is 36.7 Å². The molecule has 3 aromatic rings. The SMILES string of the molecule is NC(CC(=O)Nc1ccc(-c2nnc3n2CCCC3)cc1)c1ccccc1. The number of anilines is 1. The van der Waals surface area contributed by atoms with Gasteiger partial charge in [-0.2, -0.15) is 0 Å². The van der Waals surface area contributed by atoms with Crippen molar-refractivity contribution < 1.29 is 4.79 Å². The summed E-state index contributed by atoms with van der Waals surface area (Å²) < 4.78 is 2.19. The molecular formula is C21H23N5O. The monoisotopic (exact) mass is 361 g/mol. The van der Waals surface area contributed by atoms with E-state index in [1.165, 1.54) is 6.42 Å². The minimum Gasteiger partial charge on any atom is -0.326 e. The van der Waals surface area contributed by atoms with Crippen LogP contribution >= 0.6 is 0 Å². The molecule has 2 aromatic carbocycles. The van der Waals surface area contributed by atoms with Crippen LogP contribution in [0.3, 0.4) is 0 Å². The molecule has 0 radical (unpaired) electrons. The van der Waals surface area contributed by atoms with E-state index in [0.29, 0.717) is 0 Å². The smallest absolute Gasteiger partial charge is 0.226 e. The highest BCUT2D eigenvalue weighted by molar-refractivity contribution is 5.91. The normalized spacial score (nSPS) is 14.4. The Labute approximate surface area is 158 Å². The molecule has 3 N–H and O–H groups in total. The van der Waals surface area contributed by atoms with Gasteiger partial charge in [0.2, 0.25) is 5.91 Å². The van der Waals surface area contributed by atoms with Gasteiger partial charge in [0.15, 0.2) is 5.82 Å². The average molecular weight is 361 g/mol. The minimum atomic E-state index is -0.312. The quantitative estimate of drug-likeness (QED) is 0.730. The molecule has 6 nitrogen and oxygen atoms in total. The lowest BCUT2D eigenvalue weighted by atomic mass is 10.0. The van der Waals surface area contributed by atoms with Gasteiger partial charge < -0.3 is 15.6 Å². The molecule has 1 aliphatic heterocycles. The zero-order valence-corrected chi connectivity index (χ0v) is 15.1. The van der Waals surface area contributed by atoms with Crippen molar-refractivity contribution in [2.45, 2.75) is 38.3 Å². The Hall–Kier alpha value is -2.99. The van der Waals surface area contributed by atoms with Gasteiger partial charge in [-0.05, 0) is 42.7 Å². The molecule has 2 heterocycles. The molecule has 0 spiro atoms. The summed E-state index contributed by atoms with van der Waals surface area (Å²) in [6.07, 6.45) is 3.56. The number of carbonyl (C=O) groups excluding carboxylic acids is 1. The number of rotatable bonds is 5. The van der Waals surface area contributed by atoms with Crippen molar-refractivity contribution >= 4 is 11.6 Å². The van der Waals surface area contributed by atoms with Crippen molar-refractivity contribution in [2.24, 2.45) is 5.73 Å². The van der Waals surface area contributed by atoms with Crippen LogP contribution in [0.1, 0.15) is 36.7 Å². The molecule has 1 atom stereocenters. The van der Waals surface area contributed by atoms with Gasteiger partial charge in [0.1, 0.15) is 5.82 Å². The lowest BCUT2D eigenvalue weighted by molar-refractivity contribution is -0.116. The van der Waals surface area contributed by atoms with Crippen molar-refractivity contribution in [3.8, 4) is 11.4 Å². The van der Waals surface area contributed by atoms with Crippen molar-refractivity contribution in [3.63, 3.8) is 0 Å². The van der Waals surface area contributed by atoms with Crippen molar-refractivity contribution in [1.82, 2.24) is 14.8 Å². The zero-order valence-electron chi connectivity index (χ0n) is 15.1. The third kappa shape index (κ3) is 3.90. The number of benzene rings is 2. The Morgan fingerprint density at radius 1 is 1.07 bits per heavy atom. The molecule has 138 valence electrons. The molecule has 6 heteroatoms. The topological polar surface area (TPSA) is 85.8 Å². The third-order valence-corrected chi connectivity index (χ3v) is 4.92. The summed E-state index contributed by atoms with van der Waals surface area (Å²) in [4.78, 5) is 12.3. The van der Waals surface area contributed by atoms with E-state index in [2.05, 4.69) is 20.1 Å². The fourth-order valence-electron chi connectivity index (χ4n) is 3.45. The first-order valence-corrected chi connectivity index (χ1v) is 9.33. The van der Waals surface area contributed by atoms with Gasteiger partial charge in [-0.15, -0.1) is 10.2 Å². The van der Waals surface area contributed by atoms with Gasteiger partial charge in [0.05, 0.1) is 0 Å². The molecule has 0 aliphatic carbocycles. The van der Waals surface area contributed by atoms with Crippen LogP contribution in [-0.4, -0.2) is 20.7 Å². The highest BCUT2D eigenvalue weighted by Crippen LogP contribution is 2.24. The van der Waals surface area contributed by atoms with E-state index in [-0.39, 0.29) is 18.4 Å². The average Bonchev–Trinajstić information content (AvgIpc) is 3.13. The van der Waals surface area contributed by atoms with E-state index in [1.807, 2.05) is 54.6 Å². The number of fused-ring (bicyclic) bond motifs is 1. The predicted octanol–water partition coefficient (Wildman–Crippen LogP) is 3.31. The van der Waals surface area contributed by atoms with Crippen molar-refractivity contribution in [1.29, 1.82) is 0 Å². The van der Waals surface area contributed by atoms with Crippen LogP contribution in [0, 0.1) is 0 Å². The van der Waals surface area contributed by atoms with Crippen LogP contribution in [0.4, 0.5) is 5.69 Å². The maximum atomic E-state index is 12.3. The van der Waals surface area contributed by atoms with Crippen LogP contribution in [-0.2, 0) is 17.8 Å². The van der Waals surface area contributed by atoms with E-state index in [4.69, 9.17) is 5.73 Å². The molecular weight excluding hydrogens is 338 g/mol. The highest BCUT2D eigenvalue weighted by Gasteiger charge is 2.17. The van der Waals surface area contributed by atoms with E-state index >= 15 is 0 Å². The zero-order chi connectivity index (χ0) is 18.6. The first-order valence-electron chi connectivity index (χ1n) is 9.33. The summed E-state index contributed by atoms with van der Waals surface area (Å²) >= 11 is 0.